The van der Waals surface area contributed by atoms with Crippen molar-refractivity contribution in [1.29, 1.82) is 0 Å². The molecular formula is C6H5IO3S. The molecule has 0 spiro atoms. The average Bonchev–Trinajstić information content (AvgIpc) is 1.93. The van der Waals surface area contributed by atoms with Crippen LogP contribution in [0.5, 0.6) is 5.75 Å². The van der Waals surface area contributed by atoms with E-state index >= 15 is 0 Å². The predicted molar refractivity (Wildman–Crippen MR) is 50.6 cm³/mol. The van der Waals surface area contributed by atoms with Crippen LogP contribution in [0, 0.1) is 3.57 Å². The first-order chi connectivity index (χ1) is 5.18. The van der Waals surface area contributed by atoms with E-state index in [1.807, 2.05) is 0 Å². The Hall–Kier alpha value is -0.140. The molecule has 1 aromatic carbocycles. The molecule has 0 amide bonds. The van der Waals surface area contributed by atoms with Crippen molar-refractivity contribution in [3.63, 3.8) is 0 Å². The number of hydrogen-bond donors (Lipinski definition) is 1. The summed E-state index contributed by atoms with van der Waals surface area (Å²) in [6, 6.07) is 6.86. The lowest BCUT2D eigenvalue weighted by Gasteiger charge is -1.97. The van der Waals surface area contributed by atoms with E-state index in [4.69, 9.17) is 4.55 Å². The molecule has 1 aromatic rings. The van der Waals surface area contributed by atoms with Gasteiger partial charge in [-0.3, -0.25) is 4.55 Å². The molecule has 0 aliphatic heterocycles. The van der Waals surface area contributed by atoms with Crippen molar-refractivity contribution in [2.45, 2.75) is 0 Å². The molecule has 0 heterocycles. The standard InChI is InChI=1S/C6H5IO3S/c7-5-1-3-6(4-2-5)10-11(8)9/h1-4H,(H,8,9). The van der Waals surface area contributed by atoms with Gasteiger partial charge in [0.2, 0.25) is 0 Å². The minimum Gasteiger partial charge on any atom is -0.380 e. The van der Waals surface area contributed by atoms with Crippen LogP contribution in [0.3, 0.4) is 0 Å². The van der Waals surface area contributed by atoms with E-state index in [9.17, 15) is 4.21 Å². The number of rotatable bonds is 2. The molecule has 0 aromatic heterocycles. The normalized spacial score (nSPS) is 12.5. The number of halogens is 1. The highest BCUT2D eigenvalue weighted by Gasteiger charge is 1.96. The van der Waals surface area contributed by atoms with Gasteiger partial charge in [0.1, 0.15) is 5.75 Å². The third kappa shape index (κ3) is 3.17. The summed E-state index contributed by atoms with van der Waals surface area (Å²) in [5.74, 6) is 0.395. The van der Waals surface area contributed by atoms with Crippen molar-refractivity contribution in [3.8, 4) is 5.75 Å². The van der Waals surface area contributed by atoms with Crippen LogP contribution < -0.4 is 4.18 Å². The molecule has 1 rings (SSSR count). The third-order valence-electron chi connectivity index (χ3n) is 0.981. The first-order valence-electron chi connectivity index (χ1n) is 2.73. The fraction of sp³-hybridized carbons (Fsp3) is 0. The van der Waals surface area contributed by atoms with E-state index in [0.717, 1.165) is 3.57 Å². The molecule has 5 heteroatoms. The van der Waals surface area contributed by atoms with Crippen LogP contribution in [0.1, 0.15) is 0 Å². The summed E-state index contributed by atoms with van der Waals surface area (Å²) >= 11 is -0.0894. The summed E-state index contributed by atoms with van der Waals surface area (Å²) in [4.78, 5) is 0. The van der Waals surface area contributed by atoms with Gasteiger partial charge in [0.25, 0.3) is 0 Å². The van der Waals surface area contributed by atoms with E-state index in [0.29, 0.717) is 5.75 Å². The second-order valence-corrected chi connectivity index (χ2v) is 3.60. The molecule has 1 atom stereocenters. The lowest BCUT2D eigenvalue weighted by Crippen LogP contribution is -1.96. The highest BCUT2D eigenvalue weighted by Crippen LogP contribution is 2.13. The maximum absolute atomic E-state index is 10.1. The Morgan fingerprint density at radius 3 is 2.36 bits per heavy atom. The molecule has 3 nitrogen and oxygen atoms in total. The Morgan fingerprint density at radius 2 is 1.91 bits per heavy atom. The highest BCUT2D eigenvalue weighted by molar-refractivity contribution is 14.1. The fourth-order valence-electron chi connectivity index (χ4n) is 0.572. The Bertz CT molecular complexity index is 259. The number of hydrogen-bond acceptors (Lipinski definition) is 2. The Morgan fingerprint density at radius 1 is 1.36 bits per heavy atom. The molecule has 0 saturated heterocycles. The van der Waals surface area contributed by atoms with Gasteiger partial charge in [0.15, 0.2) is 0 Å². The minimum absolute atomic E-state index is 0.395. The van der Waals surface area contributed by atoms with Gasteiger partial charge >= 0.3 is 11.4 Å². The molecule has 0 aliphatic carbocycles. The van der Waals surface area contributed by atoms with Crippen LogP contribution >= 0.6 is 22.6 Å². The zero-order chi connectivity index (χ0) is 8.27. The third-order valence-corrected chi connectivity index (χ3v) is 2.04. The lowest BCUT2D eigenvalue weighted by molar-refractivity contribution is 0.458. The summed E-state index contributed by atoms with van der Waals surface area (Å²) in [7, 11) is 0. The van der Waals surface area contributed by atoms with E-state index < -0.39 is 11.4 Å². The first kappa shape index (κ1) is 8.95. The average molecular weight is 284 g/mol. The van der Waals surface area contributed by atoms with Gasteiger partial charge in [0.05, 0.1) is 0 Å². The first-order valence-corrected chi connectivity index (χ1v) is 4.84. The topological polar surface area (TPSA) is 46.5 Å². The molecule has 60 valence electrons. The maximum atomic E-state index is 10.1. The molecule has 0 radical (unpaired) electrons. The summed E-state index contributed by atoms with van der Waals surface area (Å²) in [6.45, 7) is 0. The van der Waals surface area contributed by atoms with Gasteiger partial charge in [-0.15, -0.1) is 0 Å². The van der Waals surface area contributed by atoms with Crippen molar-refractivity contribution >= 4 is 34.0 Å². The molecule has 1 N–H and O–H groups in total. The fourth-order valence-corrected chi connectivity index (χ4v) is 1.21. The number of benzene rings is 1. The zero-order valence-electron chi connectivity index (χ0n) is 5.36. The van der Waals surface area contributed by atoms with Gasteiger partial charge < -0.3 is 4.18 Å². The molecule has 0 bridgehead atoms. The Kier molecular flexibility index (Phi) is 3.28. The maximum Gasteiger partial charge on any atom is 0.357 e. The SMILES string of the molecule is O=S(O)Oc1ccc(I)cc1. The van der Waals surface area contributed by atoms with Crippen LogP contribution in [0.15, 0.2) is 24.3 Å². The highest BCUT2D eigenvalue weighted by atomic mass is 127. The molecule has 0 fully saturated rings. The monoisotopic (exact) mass is 284 g/mol. The van der Waals surface area contributed by atoms with Gasteiger partial charge in [-0.25, -0.2) is 0 Å². The van der Waals surface area contributed by atoms with E-state index in [1.54, 1.807) is 24.3 Å². The van der Waals surface area contributed by atoms with Crippen molar-refractivity contribution in [2.75, 3.05) is 0 Å². The zero-order valence-corrected chi connectivity index (χ0v) is 8.33. The molecule has 1 unspecified atom stereocenters. The van der Waals surface area contributed by atoms with E-state index in [-0.39, 0.29) is 0 Å². The molecular weight excluding hydrogens is 279 g/mol. The quantitative estimate of drug-likeness (QED) is 0.665. The van der Waals surface area contributed by atoms with Crippen molar-refractivity contribution in [1.82, 2.24) is 0 Å². The largest absolute Gasteiger partial charge is 0.380 e. The van der Waals surface area contributed by atoms with Crippen molar-refractivity contribution in [2.24, 2.45) is 0 Å². The molecule has 0 saturated carbocycles. The van der Waals surface area contributed by atoms with Gasteiger partial charge in [-0.1, -0.05) is 0 Å². The summed E-state index contributed by atoms with van der Waals surface area (Å²) in [5.41, 5.74) is 0. The van der Waals surface area contributed by atoms with Crippen LogP contribution in [-0.4, -0.2) is 8.76 Å². The Labute approximate surface area is 80.4 Å². The van der Waals surface area contributed by atoms with Gasteiger partial charge in [0, 0.05) is 3.57 Å². The van der Waals surface area contributed by atoms with Gasteiger partial charge in [-0.2, -0.15) is 4.21 Å². The van der Waals surface area contributed by atoms with E-state index in [2.05, 4.69) is 26.8 Å². The van der Waals surface area contributed by atoms with Crippen LogP contribution in [0.2, 0.25) is 0 Å². The summed E-state index contributed by atoms with van der Waals surface area (Å²) in [6.07, 6.45) is 0. The lowest BCUT2D eigenvalue weighted by atomic mass is 10.3. The van der Waals surface area contributed by atoms with Crippen LogP contribution in [-0.2, 0) is 11.4 Å². The van der Waals surface area contributed by atoms with Crippen molar-refractivity contribution in [3.05, 3.63) is 27.8 Å². The van der Waals surface area contributed by atoms with Gasteiger partial charge in [-0.05, 0) is 46.9 Å². The minimum atomic E-state index is -2.23. The smallest absolute Gasteiger partial charge is 0.357 e. The second kappa shape index (κ2) is 4.03. The van der Waals surface area contributed by atoms with Crippen LogP contribution in [0.25, 0.3) is 0 Å². The Balaban J connectivity index is 2.74. The molecule has 0 aliphatic rings. The van der Waals surface area contributed by atoms with E-state index in [1.165, 1.54) is 0 Å². The van der Waals surface area contributed by atoms with Crippen molar-refractivity contribution < 1.29 is 12.9 Å². The predicted octanol–water partition coefficient (Wildman–Crippen LogP) is 1.81. The molecule has 11 heavy (non-hydrogen) atoms. The van der Waals surface area contributed by atoms with Crippen LogP contribution in [0.4, 0.5) is 0 Å². The summed E-state index contributed by atoms with van der Waals surface area (Å²) < 4.78 is 24.0. The second-order valence-electron chi connectivity index (χ2n) is 1.75. The summed E-state index contributed by atoms with van der Waals surface area (Å²) in [5, 5.41) is 0.